The second-order valence-corrected chi connectivity index (χ2v) is 10.1. The Labute approximate surface area is 181 Å². The Balaban J connectivity index is 1.70. The predicted molar refractivity (Wildman–Crippen MR) is 117 cm³/mol. The average molecular weight is 444 g/mol. The van der Waals surface area contributed by atoms with Crippen molar-refractivity contribution >= 4 is 27.3 Å². The van der Waals surface area contributed by atoms with Gasteiger partial charge in [0.05, 0.1) is 15.5 Å². The highest BCUT2D eigenvalue weighted by Gasteiger charge is 2.33. The van der Waals surface area contributed by atoms with Crippen LogP contribution < -0.4 is 4.90 Å². The van der Waals surface area contributed by atoms with Crippen molar-refractivity contribution in [2.24, 2.45) is 0 Å². The third-order valence-electron chi connectivity index (χ3n) is 6.21. The van der Waals surface area contributed by atoms with E-state index in [-0.39, 0.29) is 22.5 Å². The molecule has 2 aliphatic rings. The largest absolute Gasteiger partial charge is 0.307 e. The van der Waals surface area contributed by atoms with Gasteiger partial charge in [0.1, 0.15) is 0 Å². The minimum Gasteiger partial charge on any atom is -0.307 e. The van der Waals surface area contributed by atoms with E-state index in [2.05, 4.69) is 0 Å². The number of hydrogen-bond donors (Lipinski definition) is 0. The minimum atomic E-state index is -3.71. The molecule has 164 valence electrons. The number of carbonyl (C=O) groups is 1. The molecular weight excluding hydrogens is 418 g/mol. The van der Waals surface area contributed by atoms with Gasteiger partial charge in [0, 0.05) is 36.8 Å². The Hall–Kier alpha value is -2.78. The van der Waals surface area contributed by atoms with Gasteiger partial charge in [-0.2, -0.15) is 4.31 Å². The molecule has 1 atom stereocenters. The van der Waals surface area contributed by atoms with Crippen molar-refractivity contribution in [3.63, 3.8) is 0 Å². The van der Waals surface area contributed by atoms with E-state index in [9.17, 15) is 23.3 Å². The number of sulfonamides is 1. The van der Waals surface area contributed by atoms with Crippen LogP contribution in [0.25, 0.3) is 0 Å². The van der Waals surface area contributed by atoms with Gasteiger partial charge in [0.25, 0.3) is 11.6 Å². The fourth-order valence-electron chi connectivity index (χ4n) is 4.39. The molecule has 0 aliphatic carbocycles. The van der Waals surface area contributed by atoms with Crippen LogP contribution in [0.1, 0.15) is 47.7 Å². The minimum absolute atomic E-state index is 0.0782. The molecule has 1 fully saturated rings. The number of amides is 1. The van der Waals surface area contributed by atoms with E-state index in [0.717, 1.165) is 24.8 Å². The summed E-state index contributed by atoms with van der Waals surface area (Å²) in [6, 6.07) is 9.09. The molecule has 2 aromatic rings. The van der Waals surface area contributed by atoms with Crippen LogP contribution in [0.2, 0.25) is 0 Å². The number of piperidine rings is 1. The highest BCUT2D eigenvalue weighted by atomic mass is 32.2. The fraction of sp³-hybridized carbons (Fsp3) is 0.409. The Kier molecular flexibility index (Phi) is 5.57. The average Bonchev–Trinajstić information content (AvgIpc) is 3.17. The molecule has 2 heterocycles. The van der Waals surface area contributed by atoms with Crippen molar-refractivity contribution in [1.82, 2.24) is 4.31 Å². The van der Waals surface area contributed by atoms with E-state index in [1.807, 2.05) is 6.92 Å². The number of rotatable bonds is 4. The Bertz CT molecular complexity index is 1160. The van der Waals surface area contributed by atoms with E-state index in [0.29, 0.717) is 36.3 Å². The summed E-state index contributed by atoms with van der Waals surface area (Å²) in [6.07, 6.45) is 3.25. The quantitative estimate of drug-likeness (QED) is 0.530. The van der Waals surface area contributed by atoms with Crippen molar-refractivity contribution in [2.75, 3.05) is 18.0 Å². The van der Waals surface area contributed by atoms with Crippen molar-refractivity contribution in [1.29, 1.82) is 0 Å². The maximum atomic E-state index is 13.4. The number of nitro groups is 1. The number of fused-ring (bicyclic) bond motifs is 1. The highest BCUT2D eigenvalue weighted by Crippen LogP contribution is 2.34. The first-order valence-electron chi connectivity index (χ1n) is 10.4. The summed E-state index contributed by atoms with van der Waals surface area (Å²) in [4.78, 5) is 25.7. The predicted octanol–water partition coefficient (Wildman–Crippen LogP) is 3.67. The zero-order chi connectivity index (χ0) is 22.3. The second kappa shape index (κ2) is 8.05. The molecule has 4 rings (SSSR count). The van der Waals surface area contributed by atoms with E-state index >= 15 is 0 Å². The molecule has 0 radical (unpaired) electrons. The molecule has 2 aliphatic heterocycles. The van der Waals surface area contributed by atoms with Crippen LogP contribution >= 0.6 is 0 Å². The van der Waals surface area contributed by atoms with E-state index < -0.39 is 14.9 Å². The third kappa shape index (κ3) is 3.83. The first-order valence-corrected chi connectivity index (χ1v) is 11.9. The van der Waals surface area contributed by atoms with Crippen LogP contribution in [0.4, 0.5) is 11.4 Å². The number of nitro benzene ring substituents is 1. The molecule has 0 bridgehead atoms. The van der Waals surface area contributed by atoms with Crippen LogP contribution in [0.5, 0.6) is 0 Å². The number of aryl methyl sites for hydroxylation is 1. The van der Waals surface area contributed by atoms with Crippen LogP contribution in [0.3, 0.4) is 0 Å². The zero-order valence-corrected chi connectivity index (χ0v) is 18.4. The normalized spacial score (nSPS) is 19.3. The lowest BCUT2D eigenvalue weighted by Crippen LogP contribution is -2.42. The lowest BCUT2D eigenvalue weighted by atomic mass is 10.1. The Morgan fingerprint density at radius 3 is 2.61 bits per heavy atom. The number of anilines is 1. The monoisotopic (exact) mass is 443 g/mol. The van der Waals surface area contributed by atoms with Gasteiger partial charge in [-0.1, -0.05) is 18.6 Å². The molecule has 2 aromatic carbocycles. The summed E-state index contributed by atoms with van der Waals surface area (Å²) in [5, 5.41) is 11.2. The van der Waals surface area contributed by atoms with E-state index in [1.54, 1.807) is 25.1 Å². The van der Waals surface area contributed by atoms with Crippen LogP contribution in [0.15, 0.2) is 41.3 Å². The van der Waals surface area contributed by atoms with Crippen molar-refractivity contribution in [3.8, 4) is 0 Å². The molecule has 0 spiro atoms. The van der Waals surface area contributed by atoms with Gasteiger partial charge in [0.2, 0.25) is 10.0 Å². The lowest BCUT2D eigenvalue weighted by Gasteiger charge is -2.32. The molecule has 31 heavy (non-hydrogen) atoms. The maximum absolute atomic E-state index is 13.4. The number of hydrogen-bond acceptors (Lipinski definition) is 5. The Morgan fingerprint density at radius 2 is 1.90 bits per heavy atom. The fourth-order valence-corrected chi connectivity index (χ4v) is 6.12. The standard InChI is InChI=1S/C22H25N3O5S/c1-15-6-9-19(31(29,30)24-11-4-3-5-16(24)2)14-20(15)22(26)23-12-10-17-7-8-18(25(27)28)13-21(17)23/h6-9,13-14,16H,3-5,10-12H2,1-2H3. The molecule has 8 nitrogen and oxygen atoms in total. The number of benzene rings is 2. The summed E-state index contributed by atoms with van der Waals surface area (Å²) >= 11 is 0. The first-order chi connectivity index (χ1) is 14.7. The van der Waals surface area contributed by atoms with Gasteiger partial charge < -0.3 is 4.90 Å². The van der Waals surface area contributed by atoms with Crippen LogP contribution in [0, 0.1) is 17.0 Å². The number of non-ortho nitro benzene ring substituents is 1. The smallest absolute Gasteiger partial charge is 0.271 e. The zero-order valence-electron chi connectivity index (χ0n) is 17.6. The van der Waals surface area contributed by atoms with Crippen molar-refractivity contribution < 1.29 is 18.1 Å². The molecule has 0 N–H and O–H groups in total. The third-order valence-corrected chi connectivity index (χ3v) is 8.22. The summed E-state index contributed by atoms with van der Waals surface area (Å²) in [5.74, 6) is -0.347. The van der Waals surface area contributed by atoms with Crippen LogP contribution in [-0.4, -0.2) is 42.7 Å². The van der Waals surface area contributed by atoms with Crippen molar-refractivity contribution in [3.05, 3.63) is 63.2 Å². The molecule has 9 heteroatoms. The molecule has 1 saturated heterocycles. The van der Waals surface area contributed by atoms with E-state index in [4.69, 9.17) is 0 Å². The summed E-state index contributed by atoms with van der Waals surface area (Å²) in [6.45, 7) is 4.54. The maximum Gasteiger partial charge on any atom is 0.271 e. The molecule has 1 unspecified atom stereocenters. The van der Waals surface area contributed by atoms with Gasteiger partial charge in [0.15, 0.2) is 0 Å². The SMILES string of the molecule is Cc1ccc(S(=O)(=O)N2CCCCC2C)cc1C(=O)N1CCc2ccc([N+](=O)[O-])cc21. The number of nitrogens with zero attached hydrogens (tertiary/aromatic N) is 3. The molecular formula is C22H25N3O5S. The van der Waals surface area contributed by atoms with Crippen LogP contribution in [-0.2, 0) is 16.4 Å². The van der Waals surface area contributed by atoms with Gasteiger partial charge in [-0.25, -0.2) is 8.42 Å². The summed E-state index contributed by atoms with van der Waals surface area (Å²) in [7, 11) is -3.71. The Morgan fingerprint density at radius 1 is 1.13 bits per heavy atom. The summed E-state index contributed by atoms with van der Waals surface area (Å²) in [5.41, 5.74) is 2.25. The molecule has 1 amide bonds. The highest BCUT2D eigenvalue weighted by molar-refractivity contribution is 7.89. The second-order valence-electron chi connectivity index (χ2n) is 8.21. The summed E-state index contributed by atoms with van der Waals surface area (Å²) < 4.78 is 28.0. The molecule has 0 aromatic heterocycles. The molecule has 0 saturated carbocycles. The number of carbonyl (C=O) groups excluding carboxylic acids is 1. The van der Waals surface area contributed by atoms with Crippen molar-refractivity contribution in [2.45, 2.75) is 50.5 Å². The van der Waals surface area contributed by atoms with Gasteiger partial charge in [-0.05, 0) is 56.4 Å². The van der Waals surface area contributed by atoms with Gasteiger partial charge in [-0.15, -0.1) is 0 Å². The van der Waals surface area contributed by atoms with E-state index in [1.165, 1.54) is 27.4 Å². The topological polar surface area (TPSA) is 101 Å². The lowest BCUT2D eigenvalue weighted by molar-refractivity contribution is -0.384. The van der Waals surface area contributed by atoms with Gasteiger partial charge in [-0.3, -0.25) is 14.9 Å². The van der Waals surface area contributed by atoms with Gasteiger partial charge >= 0.3 is 0 Å². The first kappa shape index (κ1) is 21.5.